The number of amides is 1. The summed E-state index contributed by atoms with van der Waals surface area (Å²) in [5.74, 6) is 0.444. The molecule has 0 spiro atoms. The lowest BCUT2D eigenvalue weighted by atomic mass is 10.2. The first-order chi connectivity index (χ1) is 10.8. The van der Waals surface area contributed by atoms with Gasteiger partial charge in [0.25, 0.3) is 5.91 Å². The Morgan fingerprint density at radius 2 is 1.73 bits per heavy atom. The third-order valence-corrected chi connectivity index (χ3v) is 3.69. The summed E-state index contributed by atoms with van der Waals surface area (Å²) in [4.78, 5) is 16.3. The van der Waals surface area contributed by atoms with Crippen LogP contribution in [0.3, 0.4) is 0 Å². The summed E-state index contributed by atoms with van der Waals surface area (Å²) in [7, 11) is 0. The number of nitrogens with zero attached hydrogens (tertiary/aromatic N) is 1. The average molecular weight is 310 g/mol. The van der Waals surface area contributed by atoms with E-state index in [1.165, 1.54) is 11.3 Å². The molecule has 0 saturated heterocycles. The summed E-state index contributed by atoms with van der Waals surface area (Å²) >= 11 is 1.40. The van der Waals surface area contributed by atoms with E-state index in [-0.39, 0.29) is 12.5 Å². The molecule has 0 radical (unpaired) electrons. The number of hydrogen-bond acceptors (Lipinski definition) is 4. The maximum Gasteiger partial charge on any atom is 0.264 e. The van der Waals surface area contributed by atoms with Gasteiger partial charge in [0.05, 0.1) is 5.69 Å². The van der Waals surface area contributed by atoms with Crippen LogP contribution in [-0.4, -0.2) is 17.5 Å². The van der Waals surface area contributed by atoms with Gasteiger partial charge in [0.2, 0.25) is 0 Å². The minimum atomic E-state index is -0.224. The first-order valence-electron chi connectivity index (χ1n) is 6.80. The number of hydrogen-bond donors (Lipinski definition) is 1. The normalized spacial score (nSPS) is 10.2. The number of rotatable bonds is 5. The molecule has 0 atom stereocenters. The third-order valence-electron chi connectivity index (χ3n) is 2.93. The number of ether oxygens (including phenoxy) is 1. The minimum absolute atomic E-state index is 0.0374. The fourth-order valence-corrected chi connectivity index (χ4v) is 2.63. The fraction of sp³-hybridized carbons (Fsp3) is 0.0588. The summed E-state index contributed by atoms with van der Waals surface area (Å²) < 4.78 is 5.40. The van der Waals surface area contributed by atoms with Crippen molar-refractivity contribution in [2.45, 2.75) is 0 Å². The zero-order chi connectivity index (χ0) is 15.2. The maximum atomic E-state index is 11.9. The van der Waals surface area contributed by atoms with Crippen LogP contribution in [0.4, 0.5) is 5.13 Å². The predicted octanol–water partition coefficient (Wildman–Crippen LogP) is 3.83. The molecular weight excluding hydrogens is 296 g/mol. The topological polar surface area (TPSA) is 51.2 Å². The van der Waals surface area contributed by atoms with Crippen LogP contribution in [-0.2, 0) is 4.79 Å². The van der Waals surface area contributed by atoms with Crippen LogP contribution in [0, 0.1) is 0 Å². The highest BCUT2D eigenvalue weighted by Crippen LogP contribution is 2.24. The highest BCUT2D eigenvalue weighted by molar-refractivity contribution is 7.14. The second-order valence-electron chi connectivity index (χ2n) is 4.55. The zero-order valence-electron chi connectivity index (χ0n) is 11.7. The second kappa shape index (κ2) is 6.87. The summed E-state index contributed by atoms with van der Waals surface area (Å²) in [6.45, 7) is -0.0374. The number of carbonyl (C=O) groups is 1. The number of carbonyl (C=O) groups excluding carboxylic acids is 1. The van der Waals surface area contributed by atoms with Gasteiger partial charge < -0.3 is 4.74 Å². The van der Waals surface area contributed by atoms with E-state index in [0.29, 0.717) is 10.9 Å². The molecule has 0 aliphatic rings. The molecule has 0 bridgehead atoms. The van der Waals surface area contributed by atoms with E-state index in [2.05, 4.69) is 10.3 Å². The van der Waals surface area contributed by atoms with Crippen LogP contribution < -0.4 is 10.1 Å². The molecule has 0 saturated carbocycles. The van der Waals surface area contributed by atoms with Crippen molar-refractivity contribution >= 4 is 22.4 Å². The van der Waals surface area contributed by atoms with E-state index in [1.807, 2.05) is 66.0 Å². The minimum Gasteiger partial charge on any atom is -0.484 e. The molecule has 0 aliphatic carbocycles. The van der Waals surface area contributed by atoms with Crippen LogP contribution in [0.1, 0.15) is 0 Å². The summed E-state index contributed by atoms with van der Waals surface area (Å²) in [6.07, 6.45) is 0. The third kappa shape index (κ3) is 3.71. The largest absolute Gasteiger partial charge is 0.484 e. The lowest BCUT2D eigenvalue weighted by molar-refractivity contribution is -0.118. The SMILES string of the molecule is O=C(COc1ccccc1)Nc1nc(-c2ccccc2)cs1. The van der Waals surface area contributed by atoms with E-state index in [1.54, 1.807) is 0 Å². The molecule has 1 N–H and O–H groups in total. The maximum absolute atomic E-state index is 11.9. The van der Waals surface area contributed by atoms with Crippen molar-refractivity contribution in [1.29, 1.82) is 0 Å². The Labute approximate surface area is 132 Å². The number of aromatic nitrogens is 1. The Bertz CT molecular complexity index is 742. The number of thiazole rings is 1. The van der Waals surface area contributed by atoms with Gasteiger partial charge in [-0.3, -0.25) is 10.1 Å². The Morgan fingerprint density at radius 1 is 1.05 bits per heavy atom. The molecule has 3 aromatic rings. The first kappa shape index (κ1) is 14.3. The fourth-order valence-electron chi connectivity index (χ4n) is 1.89. The summed E-state index contributed by atoms with van der Waals surface area (Å²) in [5.41, 5.74) is 1.88. The van der Waals surface area contributed by atoms with Crippen LogP contribution in [0.25, 0.3) is 11.3 Å². The van der Waals surface area contributed by atoms with Gasteiger partial charge in [-0.15, -0.1) is 11.3 Å². The van der Waals surface area contributed by atoms with Gasteiger partial charge in [-0.05, 0) is 12.1 Å². The smallest absolute Gasteiger partial charge is 0.264 e. The Kier molecular flexibility index (Phi) is 4.46. The van der Waals surface area contributed by atoms with E-state index in [0.717, 1.165) is 11.3 Å². The molecule has 0 fully saturated rings. The lowest BCUT2D eigenvalue weighted by Gasteiger charge is -2.05. The van der Waals surface area contributed by atoms with E-state index in [4.69, 9.17) is 4.74 Å². The number of benzene rings is 2. The predicted molar refractivity (Wildman–Crippen MR) is 88.1 cm³/mol. The molecule has 0 unspecified atom stereocenters. The standard InChI is InChI=1S/C17H14N2O2S/c20-16(11-21-14-9-5-2-6-10-14)19-17-18-15(12-22-17)13-7-3-1-4-8-13/h1-10,12H,11H2,(H,18,19,20). The Hall–Kier alpha value is -2.66. The average Bonchev–Trinajstić information content (AvgIpc) is 3.03. The van der Waals surface area contributed by atoms with Crippen molar-refractivity contribution < 1.29 is 9.53 Å². The van der Waals surface area contributed by atoms with Crippen molar-refractivity contribution in [3.05, 3.63) is 66.0 Å². The van der Waals surface area contributed by atoms with Crippen LogP contribution in [0.15, 0.2) is 66.0 Å². The monoisotopic (exact) mass is 310 g/mol. The first-order valence-corrected chi connectivity index (χ1v) is 7.68. The van der Waals surface area contributed by atoms with Gasteiger partial charge in [0, 0.05) is 10.9 Å². The summed E-state index contributed by atoms with van der Waals surface area (Å²) in [6, 6.07) is 19.1. The molecule has 1 aromatic heterocycles. The highest BCUT2D eigenvalue weighted by atomic mass is 32.1. The molecule has 1 heterocycles. The molecule has 4 nitrogen and oxygen atoms in total. The molecule has 3 rings (SSSR count). The van der Waals surface area contributed by atoms with Gasteiger partial charge >= 0.3 is 0 Å². The van der Waals surface area contributed by atoms with E-state index >= 15 is 0 Å². The second-order valence-corrected chi connectivity index (χ2v) is 5.41. The van der Waals surface area contributed by atoms with Crippen molar-refractivity contribution in [2.75, 3.05) is 11.9 Å². The Balaban J connectivity index is 1.57. The zero-order valence-corrected chi connectivity index (χ0v) is 12.5. The highest BCUT2D eigenvalue weighted by Gasteiger charge is 2.08. The van der Waals surface area contributed by atoms with Gasteiger partial charge in [0.1, 0.15) is 5.75 Å². The summed E-state index contributed by atoms with van der Waals surface area (Å²) in [5, 5.41) is 5.24. The van der Waals surface area contributed by atoms with Crippen LogP contribution >= 0.6 is 11.3 Å². The van der Waals surface area contributed by atoms with Crippen LogP contribution in [0.2, 0.25) is 0 Å². The Morgan fingerprint density at radius 3 is 2.45 bits per heavy atom. The quantitative estimate of drug-likeness (QED) is 0.779. The number of anilines is 1. The van der Waals surface area contributed by atoms with Gasteiger partial charge in [-0.2, -0.15) is 0 Å². The molecule has 2 aromatic carbocycles. The van der Waals surface area contributed by atoms with Crippen molar-refractivity contribution in [3.63, 3.8) is 0 Å². The molecular formula is C17H14N2O2S. The molecule has 1 amide bonds. The van der Waals surface area contributed by atoms with Gasteiger partial charge in [-0.25, -0.2) is 4.98 Å². The van der Waals surface area contributed by atoms with E-state index in [9.17, 15) is 4.79 Å². The van der Waals surface area contributed by atoms with Crippen molar-refractivity contribution in [2.24, 2.45) is 0 Å². The van der Waals surface area contributed by atoms with Crippen molar-refractivity contribution in [1.82, 2.24) is 4.98 Å². The van der Waals surface area contributed by atoms with E-state index < -0.39 is 0 Å². The molecule has 0 aliphatic heterocycles. The number of para-hydroxylation sites is 1. The molecule has 5 heteroatoms. The molecule has 110 valence electrons. The van der Waals surface area contributed by atoms with Gasteiger partial charge in [-0.1, -0.05) is 48.5 Å². The lowest BCUT2D eigenvalue weighted by Crippen LogP contribution is -2.19. The van der Waals surface area contributed by atoms with Gasteiger partial charge in [0.15, 0.2) is 11.7 Å². The van der Waals surface area contributed by atoms with Crippen molar-refractivity contribution in [3.8, 4) is 17.0 Å². The molecule has 22 heavy (non-hydrogen) atoms. The van der Waals surface area contributed by atoms with Crippen LogP contribution in [0.5, 0.6) is 5.75 Å². The number of nitrogens with one attached hydrogen (secondary N) is 1.